The van der Waals surface area contributed by atoms with E-state index < -0.39 is 11.4 Å². The number of benzene rings is 1. The Morgan fingerprint density at radius 1 is 1.58 bits per heavy atom. The van der Waals surface area contributed by atoms with Crippen LogP contribution >= 0.6 is 0 Å². The summed E-state index contributed by atoms with van der Waals surface area (Å²) in [5.74, 6) is -0.118. The number of ether oxygens (including phenoxy) is 1. The van der Waals surface area contributed by atoms with E-state index in [1.807, 2.05) is 0 Å². The summed E-state index contributed by atoms with van der Waals surface area (Å²) in [7, 11) is 0. The Kier molecular flexibility index (Phi) is 3.75. The van der Waals surface area contributed by atoms with Crippen LogP contribution in [0.1, 0.15) is 26.7 Å². The molecule has 104 valence electrons. The predicted molar refractivity (Wildman–Crippen MR) is 71.5 cm³/mol. The zero-order chi connectivity index (χ0) is 14.0. The van der Waals surface area contributed by atoms with Gasteiger partial charge in [-0.25, -0.2) is 4.39 Å². The standard InChI is InChI=1S/C14H19FN2O2/c1-3-19-12-8-10(15)6-7-11(12)17-13(18)14(2,16)9-4-5-9/h6-9H,3-5,16H2,1-2H3,(H,17,18). The van der Waals surface area contributed by atoms with Gasteiger partial charge in [0.25, 0.3) is 0 Å². The van der Waals surface area contributed by atoms with E-state index in [4.69, 9.17) is 10.5 Å². The third-order valence-electron chi connectivity index (χ3n) is 3.41. The Balaban J connectivity index is 2.16. The summed E-state index contributed by atoms with van der Waals surface area (Å²) < 4.78 is 18.5. The van der Waals surface area contributed by atoms with Gasteiger partial charge >= 0.3 is 0 Å². The molecular formula is C14H19FN2O2. The molecule has 1 aromatic rings. The number of amides is 1. The maximum atomic E-state index is 13.2. The summed E-state index contributed by atoms with van der Waals surface area (Å²) in [6.07, 6.45) is 1.95. The van der Waals surface area contributed by atoms with Gasteiger partial charge in [-0.1, -0.05) is 0 Å². The molecule has 2 rings (SSSR count). The molecule has 1 aliphatic rings. The highest BCUT2D eigenvalue weighted by atomic mass is 19.1. The fraction of sp³-hybridized carbons (Fsp3) is 0.500. The minimum Gasteiger partial charge on any atom is -0.492 e. The Morgan fingerprint density at radius 3 is 2.84 bits per heavy atom. The summed E-state index contributed by atoms with van der Waals surface area (Å²) >= 11 is 0. The first-order chi connectivity index (χ1) is 8.95. The van der Waals surface area contributed by atoms with Gasteiger partial charge in [-0.3, -0.25) is 4.79 Å². The second-order valence-corrected chi connectivity index (χ2v) is 5.08. The van der Waals surface area contributed by atoms with Crippen LogP contribution in [0.15, 0.2) is 18.2 Å². The number of hydrogen-bond acceptors (Lipinski definition) is 3. The van der Waals surface area contributed by atoms with E-state index in [1.54, 1.807) is 13.8 Å². The molecule has 0 aromatic heterocycles. The quantitative estimate of drug-likeness (QED) is 0.859. The largest absolute Gasteiger partial charge is 0.492 e. The Morgan fingerprint density at radius 2 is 2.26 bits per heavy atom. The summed E-state index contributed by atoms with van der Waals surface area (Å²) in [4.78, 5) is 12.2. The molecule has 5 heteroatoms. The van der Waals surface area contributed by atoms with Gasteiger partial charge in [0.2, 0.25) is 5.91 Å². The molecule has 0 heterocycles. The molecule has 19 heavy (non-hydrogen) atoms. The first kappa shape index (κ1) is 13.8. The summed E-state index contributed by atoms with van der Waals surface area (Å²) in [6.45, 7) is 3.92. The normalized spacial score (nSPS) is 17.7. The van der Waals surface area contributed by atoms with Crippen molar-refractivity contribution in [1.29, 1.82) is 0 Å². The van der Waals surface area contributed by atoms with Crippen molar-refractivity contribution in [3.05, 3.63) is 24.0 Å². The molecule has 0 saturated heterocycles. The second-order valence-electron chi connectivity index (χ2n) is 5.08. The van der Waals surface area contributed by atoms with Crippen LogP contribution in [0.3, 0.4) is 0 Å². The van der Waals surface area contributed by atoms with Crippen molar-refractivity contribution in [2.45, 2.75) is 32.2 Å². The van der Waals surface area contributed by atoms with Crippen LogP contribution in [0.25, 0.3) is 0 Å². The lowest BCUT2D eigenvalue weighted by atomic mass is 9.96. The van der Waals surface area contributed by atoms with Crippen molar-refractivity contribution in [2.24, 2.45) is 11.7 Å². The fourth-order valence-corrected chi connectivity index (χ4v) is 2.00. The van der Waals surface area contributed by atoms with E-state index in [2.05, 4.69) is 5.32 Å². The number of nitrogens with two attached hydrogens (primary N) is 1. The van der Waals surface area contributed by atoms with Gasteiger partial charge in [0.1, 0.15) is 11.6 Å². The predicted octanol–water partition coefficient (Wildman–Crippen LogP) is 2.29. The van der Waals surface area contributed by atoms with E-state index in [0.29, 0.717) is 18.0 Å². The molecule has 0 aliphatic heterocycles. The average molecular weight is 266 g/mol. The zero-order valence-corrected chi connectivity index (χ0v) is 11.2. The minimum atomic E-state index is -0.891. The Labute approximate surface area is 112 Å². The van der Waals surface area contributed by atoms with Crippen molar-refractivity contribution < 1.29 is 13.9 Å². The van der Waals surface area contributed by atoms with Crippen molar-refractivity contribution in [2.75, 3.05) is 11.9 Å². The van der Waals surface area contributed by atoms with Crippen LogP contribution in [0, 0.1) is 11.7 Å². The third kappa shape index (κ3) is 3.04. The first-order valence-electron chi connectivity index (χ1n) is 6.47. The average Bonchev–Trinajstić information content (AvgIpc) is 3.17. The van der Waals surface area contributed by atoms with Gasteiger partial charge in [-0.15, -0.1) is 0 Å². The summed E-state index contributed by atoms with van der Waals surface area (Å²) in [5, 5.41) is 2.73. The fourth-order valence-electron chi connectivity index (χ4n) is 2.00. The molecule has 1 aromatic carbocycles. The number of carbonyl (C=O) groups is 1. The van der Waals surface area contributed by atoms with Crippen molar-refractivity contribution in [3.63, 3.8) is 0 Å². The second kappa shape index (κ2) is 5.17. The van der Waals surface area contributed by atoms with Gasteiger partial charge in [-0.2, -0.15) is 0 Å². The van der Waals surface area contributed by atoms with Crippen LogP contribution in [-0.2, 0) is 4.79 Å². The van der Waals surface area contributed by atoms with Crippen LogP contribution in [-0.4, -0.2) is 18.1 Å². The molecule has 0 spiro atoms. The number of rotatable bonds is 5. The lowest BCUT2D eigenvalue weighted by Crippen LogP contribution is -2.50. The number of anilines is 1. The summed E-state index contributed by atoms with van der Waals surface area (Å²) in [5.41, 5.74) is 5.60. The SMILES string of the molecule is CCOc1cc(F)ccc1NC(=O)C(C)(N)C1CC1. The lowest BCUT2D eigenvalue weighted by Gasteiger charge is -2.23. The number of hydrogen-bond donors (Lipinski definition) is 2. The van der Waals surface area contributed by atoms with Crippen LogP contribution in [0.2, 0.25) is 0 Å². The Bertz CT molecular complexity index is 484. The maximum absolute atomic E-state index is 13.2. The van der Waals surface area contributed by atoms with Crippen molar-refractivity contribution in [1.82, 2.24) is 0 Å². The molecule has 1 aliphatic carbocycles. The zero-order valence-electron chi connectivity index (χ0n) is 11.2. The molecule has 4 nitrogen and oxygen atoms in total. The molecule has 1 amide bonds. The van der Waals surface area contributed by atoms with Crippen LogP contribution in [0.5, 0.6) is 5.75 Å². The van der Waals surface area contributed by atoms with E-state index in [9.17, 15) is 9.18 Å². The Hall–Kier alpha value is -1.62. The monoisotopic (exact) mass is 266 g/mol. The smallest absolute Gasteiger partial charge is 0.244 e. The first-order valence-corrected chi connectivity index (χ1v) is 6.47. The van der Waals surface area contributed by atoms with Gasteiger partial charge in [0, 0.05) is 6.07 Å². The van der Waals surface area contributed by atoms with Crippen LogP contribution in [0.4, 0.5) is 10.1 Å². The highest BCUT2D eigenvalue weighted by molar-refractivity contribution is 5.99. The van der Waals surface area contributed by atoms with E-state index >= 15 is 0 Å². The molecule has 1 unspecified atom stereocenters. The maximum Gasteiger partial charge on any atom is 0.244 e. The van der Waals surface area contributed by atoms with Crippen molar-refractivity contribution >= 4 is 11.6 Å². The highest BCUT2D eigenvalue weighted by Gasteiger charge is 2.44. The number of nitrogens with one attached hydrogen (secondary N) is 1. The molecule has 1 fully saturated rings. The van der Waals surface area contributed by atoms with E-state index in [-0.39, 0.29) is 11.8 Å². The van der Waals surface area contributed by atoms with Gasteiger partial charge in [0.05, 0.1) is 17.8 Å². The van der Waals surface area contributed by atoms with E-state index in [1.165, 1.54) is 18.2 Å². The van der Waals surface area contributed by atoms with Gasteiger partial charge in [0.15, 0.2) is 0 Å². The number of carbonyl (C=O) groups excluding carboxylic acids is 1. The van der Waals surface area contributed by atoms with Gasteiger partial charge in [-0.05, 0) is 44.7 Å². The molecule has 0 radical (unpaired) electrons. The molecule has 3 N–H and O–H groups in total. The topological polar surface area (TPSA) is 64.3 Å². The van der Waals surface area contributed by atoms with Crippen LogP contribution < -0.4 is 15.8 Å². The summed E-state index contributed by atoms with van der Waals surface area (Å²) in [6, 6.07) is 4.02. The lowest BCUT2D eigenvalue weighted by molar-refractivity contribution is -0.121. The van der Waals surface area contributed by atoms with Crippen molar-refractivity contribution in [3.8, 4) is 5.75 Å². The highest BCUT2D eigenvalue weighted by Crippen LogP contribution is 2.39. The molecular weight excluding hydrogens is 247 g/mol. The van der Waals surface area contributed by atoms with E-state index in [0.717, 1.165) is 12.8 Å². The molecule has 0 bridgehead atoms. The van der Waals surface area contributed by atoms with Gasteiger partial charge < -0.3 is 15.8 Å². The number of halogens is 1. The minimum absolute atomic E-state index is 0.225. The molecule has 1 atom stereocenters. The third-order valence-corrected chi connectivity index (χ3v) is 3.41. The molecule has 1 saturated carbocycles.